The van der Waals surface area contributed by atoms with Crippen molar-refractivity contribution in [3.63, 3.8) is 0 Å². The molecule has 3 nitrogen and oxygen atoms in total. The van der Waals surface area contributed by atoms with Gasteiger partial charge in [-0.15, -0.1) is 0 Å². The van der Waals surface area contributed by atoms with E-state index in [9.17, 15) is 4.79 Å². The standard InChI is InChI=1S/C12H13ClO3/c1-7(12(14)15)8-5-6-16-11-9(8)3-2-4-10(11)13/h2-4,7-8H,5-6H2,1H3,(H,14,15). The number of para-hydroxylation sites is 1. The second kappa shape index (κ2) is 4.34. The summed E-state index contributed by atoms with van der Waals surface area (Å²) in [6, 6.07) is 5.48. The zero-order valence-corrected chi connectivity index (χ0v) is 9.70. The van der Waals surface area contributed by atoms with Crippen LogP contribution in [0.4, 0.5) is 0 Å². The minimum Gasteiger partial charge on any atom is -0.492 e. The molecule has 16 heavy (non-hydrogen) atoms. The van der Waals surface area contributed by atoms with Crippen molar-refractivity contribution in [3.8, 4) is 5.75 Å². The van der Waals surface area contributed by atoms with E-state index < -0.39 is 11.9 Å². The lowest BCUT2D eigenvalue weighted by molar-refractivity contribution is -0.142. The fraction of sp³-hybridized carbons (Fsp3) is 0.417. The number of hydrogen-bond acceptors (Lipinski definition) is 2. The van der Waals surface area contributed by atoms with Crippen molar-refractivity contribution in [1.29, 1.82) is 0 Å². The van der Waals surface area contributed by atoms with Gasteiger partial charge in [0.05, 0.1) is 17.5 Å². The Morgan fingerprint density at radius 1 is 1.62 bits per heavy atom. The summed E-state index contributed by atoms with van der Waals surface area (Å²) in [5.41, 5.74) is 0.911. The fourth-order valence-corrected chi connectivity index (χ4v) is 2.34. The maximum Gasteiger partial charge on any atom is 0.306 e. The van der Waals surface area contributed by atoms with Crippen molar-refractivity contribution in [2.45, 2.75) is 19.3 Å². The molecule has 86 valence electrons. The fourth-order valence-electron chi connectivity index (χ4n) is 2.10. The normalized spacial score (nSPS) is 20.8. The molecule has 1 aliphatic heterocycles. The van der Waals surface area contributed by atoms with E-state index in [4.69, 9.17) is 21.4 Å². The van der Waals surface area contributed by atoms with Gasteiger partial charge in [0, 0.05) is 5.92 Å². The van der Waals surface area contributed by atoms with Gasteiger partial charge in [0.1, 0.15) is 5.75 Å². The van der Waals surface area contributed by atoms with Crippen LogP contribution in [0.15, 0.2) is 18.2 Å². The molecular weight excluding hydrogens is 228 g/mol. The number of aliphatic carboxylic acids is 1. The molecule has 0 amide bonds. The Kier molecular flexibility index (Phi) is 3.06. The first-order chi connectivity index (χ1) is 7.61. The third-order valence-corrected chi connectivity index (χ3v) is 3.36. The van der Waals surface area contributed by atoms with E-state index >= 15 is 0 Å². The highest BCUT2D eigenvalue weighted by molar-refractivity contribution is 6.32. The van der Waals surface area contributed by atoms with E-state index in [1.54, 1.807) is 13.0 Å². The predicted molar refractivity (Wildman–Crippen MR) is 61.1 cm³/mol. The highest BCUT2D eigenvalue weighted by Gasteiger charge is 2.31. The number of carbonyl (C=O) groups is 1. The number of benzene rings is 1. The van der Waals surface area contributed by atoms with E-state index in [0.717, 1.165) is 12.0 Å². The molecule has 1 aromatic rings. The molecule has 2 rings (SSSR count). The molecule has 0 bridgehead atoms. The zero-order chi connectivity index (χ0) is 11.7. The molecule has 1 N–H and O–H groups in total. The van der Waals surface area contributed by atoms with Gasteiger partial charge in [-0.2, -0.15) is 0 Å². The minimum absolute atomic E-state index is 0.0139. The number of ether oxygens (including phenoxy) is 1. The molecule has 0 aromatic heterocycles. The quantitative estimate of drug-likeness (QED) is 0.865. The highest BCUT2D eigenvalue weighted by Crippen LogP contribution is 2.41. The Morgan fingerprint density at radius 3 is 3.06 bits per heavy atom. The summed E-state index contributed by atoms with van der Waals surface area (Å²) >= 11 is 6.02. The molecule has 0 spiro atoms. The predicted octanol–water partition coefficient (Wildman–Crippen LogP) is 2.93. The number of halogens is 1. The Labute approximate surface area is 99.0 Å². The van der Waals surface area contributed by atoms with Gasteiger partial charge in [-0.25, -0.2) is 0 Å². The number of carboxylic acids is 1. The summed E-state index contributed by atoms with van der Waals surface area (Å²) in [4.78, 5) is 11.0. The molecule has 0 radical (unpaired) electrons. The summed E-state index contributed by atoms with van der Waals surface area (Å²) in [6.45, 7) is 2.25. The Hall–Kier alpha value is -1.22. The van der Waals surface area contributed by atoms with Crippen LogP contribution < -0.4 is 4.74 Å². The van der Waals surface area contributed by atoms with Crippen LogP contribution in [0.3, 0.4) is 0 Å². The molecule has 1 aliphatic rings. The van der Waals surface area contributed by atoms with Crippen molar-refractivity contribution >= 4 is 17.6 Å². The molecule has 2 unspecified atom stereocenters. The van der Waals surface area contributed by atoms with Gasteiger partial charge in [-0.1, -0.05) is 30.7 Å². The van der Waals surface area contributed by atoms with Gasteiger partial charge in [0.15, 0.2) is 0 Å². The molecule has 0 saturated carbocycles. The Morgan fingerprint density at radius 2 is 2.38 bits per heavy atom. The van der Waals surface area contributed by atoms with Crippen molar-refractivity contribution in [2.75, 3.05) is 6.61 Å². The minimum atomic E-state index is -0.780. The SMILES string of the molecule is CC(C(=O)O)C1CCOc2c(Cl)cccc21. The summed E-state index contributed by atoms with van der Waals surface area (Å²) in [6.07, 6.45) is 0.723. The summed E-state index contributed by atoms with van der Waals surface area (Å²) in [5.74, 6) is -0.563. The highest BCUT2D eigenvalue weighted by atomic mass is 35.5. The van der Waals surface area contributed by atoms with E-state index in [1.807, 2.05) is 12.1 Å². The van der Waals surface area contributed by atoms with E-state index in [1.165, 1.54) is 0 Å². The molecular formula is C12H13ClO3. The summed E-state index contributed by atoms with van der Waals surface area (Å²) < 4.78 is 5.49. The van der Waals surface area contributed by atoms with Crippen molar-refractivity contribution < 1.29 is 14.6 Å². The number of fused-ring (bicyclic) bond motifs is 1. The third kappa shape index (κ3) is 1.87. The largest absolute Gasteiger partial charge is 0.492 e. The van der Waals surface area contributed by atoms with Gasteiger partial charge >= 0.3 is 5.97 Å². The smallest absolute Gasteiger partial charge is 0.306 e. The van der Waals surface area contributed by atoms with Gasteiger partial charge < -0.3 is 9.84 Å². The molecule has 2 atom stereocenters. The van der Waals surface area contributed by atoms with Crippen molar-refractivity contribution in [1.82, 2.24) is 0 Å². The maximum atomic E-state index is 11.0. The third-order valence-electron chi connectivity index (χ3n) is 3.07. The first-order valence-corrected chi connectivity index (χ1v) is 5.63. The monoisotopic (exact) mass is 240 g/mol. The lowest BCUT2D eigenvalue weighted by Gasteiger charge is -2.28. The number of carboxylic acid groups (broad SMARTS) is 1. The molecule has 1 aromatic carbocycles. The topological polar surface area (TPSA) is 46.5 Å². The van der Waals surface area contributed by atoms with Crippen LogP contribution in [0, 0.1) is 5.92 Å². The average molecular weight is 241 g/mol. The second-order valence-electron chi connectivity index (χ2n) is 4.03. The van der Waals surface area contributed by atoms with Crippen LogP contribution >= 0.6 is 11.6 Å². The van der Waals surface area contributed by atoms with Crippen molar-refractivity contribution in [3.05, 3.63) is 28.8 Å². The van der Waals surface area contributed by atoms with Crippen LogP contribution in [-0.2, 0) is 4.79 Å². The summed E-state index contributed by atoms with van der Waals surface area (Å²) in [7, 11) is 0. The number of hydrogen-bond donors (Lipinski definition) is 1. The maximum absolute atomic E-state index is 11.0. The van der Waals surface area contributed by atoms with E-state index in [2.05, 4.69) is 0 Å². The zero-order valence-electron chi connectivity index (χ0n) is 8.94. The first kappa shape index (κ1) is 11.3. The van der Waals surface area contributed by atoms with Gasteiger partial charge in [-0.3, -0.25) is 4.79 Å². The number of rotatable bonds is 2. The summed E-state index contributed by atoms with van der Waals surface area (Å²) in [5, 5.41) is 9.61. The molecule has 0 saturated heterocycles. The van der Waals surface area contributed by atoms with Crippen LogP contribution in [0.1, 0.15) is 24.8 Å². The van der Waals surface area contributed by atoms with Gasteiger partial charge in [0.2, 0.25) is 0 Å². The van der Waals surface area contributed by atoms with Crippen LogP contribution in [0.2, 0.25) is 5.02 Å². The van der Waals surface area contributed by atoms with Gasteiger partial charge in [-0.05, 0) is 18.1 Å². The van der Waals surface area contributed by atoms with Crippen LogP contribution in [0.25, 0.3) is 0 Å². The molecule has 4 heteroatoms. The van der Waals surface area contributed by atoms with E-state index in [0.29, 0.717) is 17.4 Å². The van der Waals surface area contributed by atoms with Crippen LogP contribution in [-0.4, -0.2) is 17.7 Å². The lowest BCUT2D eigenvalue weighted by Crippen LogP contribution is -2.24. The lowest BCUT2D eigenvalue weighted by atomic mass is 9.83. The first-order valence-electron chi connectivity index (χ1n) is 5.25. The van der Waals surface area contributed by atoms with Crippen molar-refractivity contribution in [2.24, 2.45) is 5.92 Å². The van der Waals surface area contributed by atoms with Crippen LogP contribution in [0.5, 0.6) is 5.75 Å². The molecule has 0 aliphatic carbocycles. The Bertz CT molecular complexity index is 417. The average Bonchev–Trinajstić information content (AvgIpc) is 2.28. The Balaban J connectivity index is 2.40. The van der Waals surface area contributed by atoms with E-state index in [-0.39, 0.29) is 5.92 Å². The molecule has 1 heterocycles. The van der Waals surface area contributed by atoms with Gasteiger partial charge in [0.25, 0.3) is 0 Å². The molecule has 0 fully saturated rings. The second-order valence-corrected chi connectivity index (χ2v) is 4.44.